The van der Waals surface area contributed by atoms with Crippen molar-refractivity contribution in [2.24, 2.45) is 0 Å². The lowest BCUT2D eigenvalue weighted by atomic mass is 10.1. The van der Waals surface area contributed by atoms with Crippen molar-refractivity contribution in [3.05, 3.63) is 83.4 Å². The maximum Gasteiger partial charge on any atom is 0.345 e. The summed E-state index contributed by atoms with van der Waals surface area (Å²) in [7, 11) is 3.04. The molecule has 7 heteroatoms. The molecule has 0 aliphatic carbocycles. The van der Waals surface area contributed by atoms with Gasteiger partial charge in [-0.3, -0.25) is 4.79 Å². The molecule has 33 heavy (non-hydrogen) atoms. The van der Waals surface area contributed by atoms with E-state index in [0.29, 0.717) is 28.5 Å². The van der Waals surface area contributed by atoms with E-state index in [1.807, 2.05) is 32.0 Å². The fraction of sp³-hybridized carbons (Fsp3) is 0.231. The zero-order valence-corrected chi connectivity index (χ0v) is 19.1. The highest BCUT2D eigenvalue weighted by atomic mass is 16.6. The van der Waals surface area contributed by atoms with Crippen molar-refractivity contribution in [2.75, 3.05) is 26.1 Å². The lowest BCUT2D eigenvalue weighted by Gasteiger charge is -2.19. The first-order valence-electron chi connectivity index (χ1n) is 10.4. The fourth-order valence-corrected chi connectivity index (χ4v) is 3.21. The number of carbonyl (C=O) groups excluding carboxylic acids is 2. The molecule has 1 unspecified atom stereocenters. The highest BCUT2D eigenvalue weighted by Crippen LogP contribution is 2.29. The number of hydrogen-bond acceptors (Lipinski definition) is 6. The Morgan fingerprint density at radius 1 is 0.818 bits per heavy atom. The second kappa shape index (κ2) is 11.0. The average molecular weight is 450 g/mol. The molecule has 1 N–H and O–H groups in total. The van der Waals surface area contributed by atoms with Crippen LogP contribution in [0.15, 0.2) is 66.7 Å². The SMILES string of the molecule is COc1ccc(C)cc1NC(=O)C(OC(=O)COc1ccc(C)cc1OC)c1ccccc1. The molecular formula is C26H27NO6. The fourth-order valence-electron chi connectivity index (χ4n) is 3.21. The molecule has 0 aliphatic rings. The van der Waals surface area contributed by atoms with Gasteiger partial charge < -0.3 is 24.3 Å². The highest BCUT2D eigenvalue weighted by Gasteiger charge is 2.26. The third-order valence-electron chi connectivity index (χ3n) is 4.87. The van der Waals surface area contributed by atoms with Gasteiger partial charge in [-0.2, -0.15) is 0 Å². The predicted molar refractivity (Wildman–Crippen MR) is 125 cm³/mol. The average Bonchev–Trinajstić information content (AvgIpc) is 2.82. The van der Waals surface area contributed by atoms with E-state index >= 15 is 0 Å². The van der Waals surface area contributed by atoms with Gasteiger partial charge in [0.05, 0.1) is 19.9 Å². The Balaban J connectivity index is 1.75. The van der Waals surface area contributed by atoms with E-state index in [2.05, 4.69) is 5.32 Å². The third-order valence-corrected chi connectivity index (χ3v) is 4.87. The van der Waals surface area contributed by atoms with Crippen LogP contribution in [0, 0.1) is 13.8 Å². The Kier molecular flexibility index (Phi) is 7.91. The topological polar surface area (TPSA) is 83.1 Å². The van der Waals surface area contributed by atoms with E-state index in [1.54, 1.807) is 48.5 Å². The molecule has 3 aromatic rings. The first kappa shape index (κ1) is 23.7. The first-order valence-corrected chi connectivity index (χ1v) is 10.4. The lowest BCUT2D eigenvalue weighted by molar-refractivity contribution is -0.156. The van der Waals surface area contributed by atoms with Gasteiger partial charge >= 0.3 is 5.97 Å². The van der Waals surface area contributed by atoms with Gasteiger partial charge in [0.25, 0.3) is 5.91 Å². The Hall–Kier alpha value is -4.00. The van der Waals surface area contributed by atoms with E-state index in [9.17, 15) is 9.59 Å². The van der Waals surface area contributed by atoms with Gasteiger partial charge in [0.15, 0.2) is 18.1 Å². The molecule has 7 nitrogen and oxygen atoms in total. The number of rotatable bonds is 9. The van der Waals surface area contributed by atoms with Crippen LogP contribution in [0.2, 0.25) is 0 Å². The number of benzene rings is 3. The van der Waals surface area contributed by atoms with Crippen LogP contribution < -0.4 is 19.5 Å². The summed E-state index contributed by atoms with van der Waals surface area (Å²) in [6, 6.07) is 19.6. The molecule has 0 saturated heterocycles. The lowest BCUT2D eigenvalue weighted by Crippen LogP contribution is -2.28. The summed E-state index contributed by atoms with van der Waals surface area (Å²) in [4.78, 5) is 25.7. The number of carbonyl (C=O) groups is 2. The zero-order chi connectivity index (χ0) is 23.8. The normalized spacial score (nSPS) is 11.3. The van der Waals surface area contributed by atoms with Crippen LogP contribution in [0.25, 0.3) is 0 Å². The number of methoxy groups -OCH3 is 2. The molecule has 0 radical (unpaired) electrons. The second-order valence-corrected chi connectivity index (χ2v) is 7.42. The van der Waals surface area contributed by atoms with E-state index in [1.165, 1.54) is 14.2 Å². The van der Waals surface area contributed by atoms with E-state index in [0.717, 1.165) is 11.1 Å². The molecule has 1 amide bonds. The Labute approximate surface area is 193 Å². The minimum absolute atomic E-state index is 0.385. The van der Waals surface area contributed by atoms with E-state index in [-0.39, 0.29) is 6.61 Å². The van der Waals surface area contributed by atoms with Crippen molar-refractivity contribution in [3.63, 3.8) is 0 Å². The molecule has 0 aliphatic heterocycles. The van der Waals surface area contributed by atoms with Crippen LogP contribution >= 0.6 is 0 Å². The number of anilines is 1. The quantitative estimate of drug-likeness (QED) is 0.480. The summed E-state index contributed by atoms with van der Waals surface area (Å²) in [5.41, 5.74) is 2.96. The van der Waals surface area contributed by atoms with Crippen molar-refractivity contribution in [1.82, 2.24) is 0 Å². The Bertz CT molecular complexity index is 1110. The van der Waals surface area contributed by atoms with Crippen molar-refractivity contribution in [3.8, 4) is 17.2 Å². The molecule has 1 atom stereocenters. The third kappa shape index (κ3) is 6.26. The summed E-state index contributed by atoms with van der Waals surface area (Å²) >= 11 is 0. The summed E-state index contributed by atoms with van der Waals surface area (Å²) < 4.78 is 21.7. The predicted octanol–water partition coefficient (Wildman–Crippen LogP) is 4.62. The molecule has 0 bridgehead atoms. The van der Waals surface area contributed by atoms with Crippen molar-refractivity contribution < 1.29 is 28.5 Å². The first-order chi connectivity index (χ1) is 15.9. The number of aryl methyl sites for hydroxylation is 2. The van der Waals surface area contributed by atoms with Crippen LogP contribution in [0.4, 0.5) is 5.69 Å². The van der Waals surface area contributed by atoms with E-state index in [4.69, 9.17) is 18.9 Å². The molecule has 3 rings (SSSR count). The number of nitrogens with one attached hydrogen (secondary N) is 1. The standard InChI is InChI=1S/C26H27NO6/c1-17-10-12-21(30-3)20(14-17)27-26(29)25(19-8-6-5-7-9-19)33-24(28)16-32-22-13-11-18(2)15-23(22)31-4/h5-15,25H,16H2,1-4H3,(H,27,29). The highest BCUT2D eigenvalue weighted by molar-refractivity contribution is 5.97. The summed E-state index contributed by atoms with van der Waals surface area (Å²) in [5, 5.41) is 2.80. The van der Waals surface area contributed by atoms with E-state index < -0.39 is 18.0 Å². The Morgan fingerprint density at radius 2 is 1.45 bits per heavy atom. The zero-order valence-electron chi connectivity index (χ0n) is 19.1. The number of hydrogen-bond donors (Lipinski definition) is 1. The largest absolute Gasteiger partial charge is 0.495 e. The summed E-state index contributed by atoms with van der Waals surface area (Å²) in [6.45, 7) is 3.44. The summed E-state index contributed by atoms with van der Waals surface area (Å²) in [5.74, 6) is 0.211. The maximum atomic E-state index is 13.1. The van der Waals surface area contributed by atoms with Crippen molar-refractivity contribution >= 4 is 17.6 Å². The molecule has 0 spiro atoms. The monoisotopic (exact) mass is 449 g/mol. The van der Waals surface area contributed by atoms with Crippen molar-refractivity contribution in [1.29, 1.82) is 0 Å². The number of esters is 1. The minimum Gasteiger partial charge on any atom is -0.495 e. The smallest absolute Gasteiger partial charge is 0.345 e. The molecule has 3 aromatic carbocycles. The van der Waals surface area contributed by atoms with Crippen LogP contribution in [-0.4, -0.2) is 32.7 Å². The molecule has 172 valence electrons. The molecule has 0 saturated carbocycles. The second-order valence-electron chi connectivity index (χ2n) is 7.42. The van der Waals surface area contributed by atoms with Gasteiger partial charge in [0.2, 0.25) is 6.10 Å². The van der Waals surface area contributed by atoms with Gasteiger partial charge in [0.1, 0.15) is 5.75 Å². The number of ether oxygens (including phenoxy) is 4. The van der Waals surface area contributed by atoms with Gasteiger partial charge in [-0.15, -0.1) is 0 Å². The minimum atomic E-state index is -1.17. The van der Waals surface area contributed by atoms with Crippen LogP contribution in [0.1, 0.15) is 22.8 Å². The molecule has 0 fully saturated rings. The van der Waals surface area contributed by atoms with Crippen LogP contribution in [0.5, 0.6) is 17.2 Å². The van der Waals surface area contributed by atoms with Crippen LogP contribution in [-0.2, 0) is 14.3 Å². The molecule has 0 heterocycles. The molecular weight excluding hydrogens is 422 g/mol. The van der Waals surface area contributed by atoms with Crippen LogP contribution in [0.3, 0.4) is 0 Å². The van der Waals surface area contributed by atoms with Gasteiger partial charge in [0, 0.05) is 5.56 Å². The molecule has 0 aromatic heterocycles. The van der Waals surface area contributed by atoms with Gasteiger partial charge in [-0.1, -0.05) is 42.5 Å². The van der Waals surface area contributed by atoms with Gasteiger partial charge in [-0.25, -0.2) is 4.79 Å². The maximum absolute atomic E-state index is 13.1. The summed E-state index contributed by atoms with van der Waals surface area (Å²) in [6.07, 6.45) is -1.17. The number of amides is 1. The Morgan fingerprint density at radius 3 is 2.12 bits per heavy atom. The van der Waals surface area contributed by atoms with Gasteiger partial charge in [-0.05, 0) is 49.2 Å². The van der Waals surface area contributed by atoms with Crippen molar-refractivity contribution in [2.45, 2.75) is 20.0 Å².